The zero-order valence-electron chi connectivity index (χ0n) is 22.8. The van der Waals surface area contributed by atoms with Crippen LogP contribution in [0.25, 0.3) is 11.1 Å². The summed E-state index contributed by atoms with van der Waals surface area (Å²) >= 11 is 0. The van der Waals surface area contributed by atoms with Gasteiger partial charge in [-0.2, -0.15) is 0 Å². The van der Waals surface area contributed by atoms with Gasteiger partial charge in [0.15, 0.2) is 5.75 Å². The van der Waals surface area contributed by atoms with Crippen LogP contribution in [0, 0.1) is 10.1 Å². The fraction of sp³-hybridized carbons (Fsp3) is 0.567. The maximum atomic E-state index is 12.4. The van der Waals surface area contributed by atoms with Gasteiger partial charge in [0.1, 0.15) is 0 Å². The minimum atomic E-state index is -0.447. The van der Waals surface area contributed by atoms with Crippen LogP contribution in [0.1, 0.15) is 108 Å². The van der Waals surface area contributed by atoms with E-state index in [0.717, 1.165) is 38.5 Å². The number of carbonyl (C=O) groups excluding carboxylic acids is 1. The van der Waals surface area contributed by atoms with Crippen LogP contribution < -0.4 is 10.5 Å². The number of nitrogen functional groups attached to an aromatic ring is 1. The normalized spacial score (nSPS) is 11.8. The van der Waals surface area contributed by atoms with Crippen molar-refractivity contribution in [2.75, 3.05) is 12.3 Å². The molecule has 0 radical (unpaired) electrons. The molecule has 204 valence electrons. The number of carbonyl (C=O) groups is 1. The van der Waals surface area contributed by atoms with Crippen LogP contribution in [-0.4, -0.2) is 23.6 Å². The Bertz CT molecular complexity index is 975. The highest BCUT2D eigenvalue weighted by atomic mass is 16.6. The number of nitro benzene ring substituents is 1. The molecule has 0 fully saturated rings. The Morgan fingerprint density at radius 2 is 1.51 bits per heavy atom. The largest absolute Gasteiger partial charge is 0.484 e. The number of esters is 1. The molecule has 0 aliphatic heterocycles. The Kier molecular flexibility index (Phi) is 13.5. The molecule has 0 bridgehead atoms. The molecule has 0 heterocycles. The average molecular weight is 513 g/mol. The second-order valence-corrected chi connectivity index (χ2v) is 9.78. The molecule has 37 heavy (non-hydrogen) atoms. The third-order valence-corrected chi connectivity index (χ3v) is 6.53. The first kappa shape index (κ1) is 30.1. The van der Waals surface area contributed by atoms with E-state index in [1.165, 1.54) is 50.7 Å². The van der Waals surface area contributed by atoms with Gasteiger partial charge >= 0.3 is 11.7 Å². The Morgan fingerprint density at radius 1 is 0.919 bits per heavy atom. The zero-order valence-corrected chi connectivity index (χ0v) is 22.8. The monoisotopic (exact) mass is 512 g/mol. The Labute approximate surface area is 221 Å². The quantitative estimate of drug-likeness (QED) is 0.0706. The van der Waals surface area contributed by atoms with Crippen LogP contribution in [0.5, 0.6) is 5.75 Å². The minimum Gasteiger partial charge on any atom is -0.484 e. The highest BCUT2D eigenvalue weighted by molar-refractivity contribution is 5.90. The fourth-order valence-corrected chi connectivity index (χ4v) is 4.30. The van der Waals surface area contributed by atoms with Crippen LogP contribution >= 0.6 is 0 Å². The van der Waals surface area contributed by atoms with Crippen molar-refractivity contribution >= 4 is 17.3 Å². The van der Waals surface area contributed by atoms with Gasteiger partial charge in [-0.25, -0.2) is 4.79 Å². The summed E-state index contributed by atoms with van der Waals surface area (Å²) in [5.74, 6) is -0.187. The molecule has 0 aromatic heterocycles. The molecular weight excluding hydrogens is 468 g/mol. The molecule has 0 saturated carbocycles. The zero-order chi connectivity index (χ0) is 27.0. The minimum absolute atomic E-state index is 0.122. The van der Waals surface area contributed by atoms with Crippen molar-refractivity contribution < 1.29 is 19.2 Å². The molecule has 2 aromatic rings. The Balaban J connectivity index is 1.98. The number of ether oxygens (including phenoxy) is 2. The molecule has 2 rings (SSSR count). The molecule has 2 N–H and O–H groups in total. The van der Waals surface area contributed by atoms with Gasteiger partial charge in [-0.3, -0.25) is 10.1 Å². The third kappa shape index (κ3) is 10.4. The first-order valence-corrected chi connectivity index (χ1v) is 13.9. The van der Waals surface area contributed by atoms with Crippen molar-refractivity contribution in [2.45, 2.75) is 104 Å². The lowest BCUT2D eigenvalue weighted by atomic mass is 10.0. The van der Waals surface area contributed by atoms with E-state index < -0.39 is 4.92 Å². The van der Waals surface area contributed by atoms with E-state index in [2.05, 4.69) is 13.8 Å². The number of nitro groups is 1. The molecule has 7 nitrogen and oxygen atoms in total. The number of hydrogen-bond donors (Lipinski definition) is 1. The summed E-state index contributed by atoms with van der Waals surface area (Å²) in [5.41, 5.74) is 8.18. The van der Waals surface area contributed by atoms with Crippen LogP contribution in [-0.2, 0) is 4.74 Å². The SMILES string of the molecule is CCCCCCCCCOC(=O)c1ccc(-c2cc([N+](=O)[O-])c(O[C@@H](C)CCCCCC)cc2N)cc1. The van der Waals surface area contributed by atoms with Crippen molar-refractivity contribution in [1.29, 1.82) is 0 Å². The highest BCUT2D eigenvalue weighted by Gasteiger charge is 2.21. The molecule has 0 saturated heterocycles. The van der Waals surface area contributed by atoms with Crippen molar-refractivity contribution in [3.05, 3.63) is 52.1 Å². The molecular formula is C30H44N2O5. The number of hydrogen-bond acceptors (Lipinski definition) is 6. The van der Waals surface area contributed by atoms with Gasteiger partial charge in [0.25, 0.3) is 0 Å². The van der Waals surface area contributed by atoms with Crippen molar-refractivity contribution in [3.63, 3.8) is 0 Å². The van der Waals surface area contributed by atoms with Gasteiger partial charge in [0, 0.05) is 23.4 Å². The standard InChI is InChI=1S/C30H44N2O5/c1-4-6-8-10-11-12-14-20-36-30(33)25-18-16-24(17-19-25)26-21-28(32(34)35)29(22-27(26)31)37-23(3)15-13-9-7-5-2/h16-19,21-23H,4-15,20,31H2,1-3H3/t23-/m0/s1. The predicted octanol–water partition coefficient (Wildman–Crippen LogP) is 8.49. The molecule has 0 amide bonds. The van der Waals surface area contributed by atoms with Gasteiger partial charge in [0.05, 0.1) is 23.2 Å². The summed E-state index contributed by atoms with van der Waals surface area (Å²) in [6.07, 6.45) is 13.2. The van der Waals surface area contributed by atoms with Gasteiger partial charge in [-0.05, 0) is 43.9 Å². The maximum absolute atomic E-state index is 12.4. The molecule has 0 aliphatic rings. The van der Waals surface area contributed by atoms with Gasteiger partial charge in [-0.15, -0.1) is 0 Å². The number of rotatable bonds is 18. The van der Waals surface area contributed by atoms with E-state index in [4.69, 9.17) is 15.2 Å². The van der Waals surface area contributed by atoms with Crippen molar-refractivity contribution in [1.82, 2.24) is 0 Å². The summed E-state index contributed by atoms with van der Waals surface area (Å²) in [5, 5.41) is 11.8. The maximum Gasteiger partial charge on any atom is 0.338 e. The summed E-state index contributed by atoms with van der Waals surface area (Å²) in [6.45, 7) is 6.69. The predicted molar refractivity (Wildman–Crippen MR) is 150 cm³/mol. The number of anilines is 1. The lowest BCUT2D eigenvalue weighted by Crippen LogP contribution is -2.13. The summed E-state index contributed by atoms with van der Waals surface area (Å²) < 4.78 is 11.3. The van der Waals surface area contributed by atoms with E-state index in [1.54, 1.807) is 24.3 Å². The Hall–Kier alpha value is -3.09. The van der Waals surface area contributed by atoms with Crippen LogP contribution in [0.3, 0.4) is 0 Å². The van der Waals surface area contributed by atoms with Crippen LogP contribution in [0.2, 0.25) is 0 Å². The van der Waals surface area contributed by atoms with Crippen molar-refractivity contribution in [3.8, 4) is 16.9 Å². The van der Waals surface area contributed by atoms with Gasteiger partial charge in [0.2, 0.25) is 0 Å². The summed E-state index contributed by atoms with van der Waals surface area (Å²) in [6, 6.07) is 9.77. The second-order valence-electron chi connectivity index (χ2n) is 9.78. The Morgan fingerprint density at radius 3 is 2.14 bits per heavy atom. The molecule has 7 heteroatoms. The highest BCUT2D eigenvalue weighted by Crippen LogP contribution is 2.38. The molecule has 0 unspecified atom stereocenters. The van der Waals surface area contributed by atoms with E-state index in [9.17, 15) is 14.9 Å². The van der Waals surface area contributed by atoms with Crippen molar-refractivity contribution in [2.24, 2.45) is 0 Å². The van der Waals surface area contributed by atoms with Crippen LogP contribution in [0.15, 0.2) is 36.4 Å². The fourth-order valence-electron chi connectivity index (χ4n) is 4.30. The summed E-state index contributed by atoms with van der Waals surface area (Å²) in [7, 11) is 0. The molecule has 0 spiro atoms. The lowest BCUT2D eigenvalue weighted by molar-refractivity contribution is -0.386. The van der Waals surface area contributed by atoms with Gasteiger partial charge < -0.3 is 15.2 Å². The van der Waals surface area contributed by atoms with E-state index in [1.807, 2.05) is 6.92 Å². The average Bonchev–Trinajstić information content (AvgIpc) is 2.88. The lowest BCUT2D eigenvalue weighted by Gasteiger charge is -2.16. The van der Waals surface area contributed by atoms with Gasteiger partial charge in [-0.1, -0.05) is 83.8 Å². The first-order chi connectivity index (χ1) is 17.9. The second kappa shape index (κ2) is 16.6. The van der Waals surface area contributed by atoms with Crippen LogP contribution in [0.4, 0.5) is 11.4 Å². The smallest absolute Gasteiger partial charge is 0.338 e. The van der Waals surface area contributed by atoms with E-state index in [0.29, 0.717) is 29.0 Å². The molecule has 2 aromatic carbocycles. The number of nitrogens with zero attached hydrogens (tertiary/aromatic N) is 1. The summed E-state index contributed by atoms with van der Waals surface area (Å²) in [4.78, 5) is 23.7. The third-order valence-electron chi connectivity index (χ3n) is 6.53. The molecule has 1 atom stereocenters. The first-order valence-electron chi connectivity index (χ1n) is 13.9. The number of unbranched alkanes of at least 4 members (excludes halogenated alkanes) is 9. The van der Waals surface area contributed by atoms with E-state index >= 15 is 0 Å². The molecule has 0 aliphatic carbocycles. The number of nitrogens with two attached hydrogens (primary N) is 1. The topological polar surface area (TPSA) is 105 Å². The number of benzene rings is 2. The van der Waals surface area contributed by atoms with E-state index in [-0.39, 0.29) is 23.5 Å².